The van der Waals surface area contributed by atoms with Crippen molar-refractivity contribution >= 4 is 16.6 Å². The summed E-state index contributed by atoms with van der Waals surface area (Å²) in [5.41, 5.74) is 10.3. The van der Waals surface area contributed by atoms with Gasteiger partial charge in [-0.25, -0.2) is 0 Å². The van der Waals surface area contributed by atoms with Crippen LogP contribution < -0.4 is 0 Å². The minimum atomic E-state index is 0. The van der Waals surface area contributed by atoms with Gasteiger partial charge in [-0.05, 0) is 68.8 Å². The van der Waals surface area contributed by atoms with Gasteiger partial charge in [0.05, 0.1) is 5.76 Å². The van der Waals surface area contributed by atoms with E-state index in [9.17, 15) is 9.90 Å². The van der Waals surface area contributed by atoms with E-state index in [-0.39, 0.29) is 37.1 Å². The van der Waals surface area contributed by atoms with E-state index >= 15 is 0 Å². The minimum Gasteiger partial charge on any atom is -0.512 e. The fourth-order valence-electron chi connectivity index (χ4n) is 6.11. The zero-order valence-corrected chi connectivity index (χ0v) is 30.9. The molecule has 5 rings (SSSR count). The van der Waals surface area contributed by atoms with Crippen LogP contribution in [0.15, 0.2) is 72.6 Å². The van der Waals surface area contributed by atoms with Gasteiger partial charge in [0.15, 0.2) is 5.78 Å². The maximum absolute atomic E-state index is 11.2. The molecular formula is C41H50IrNO2-. The van der Waals surface area contributed by atoms with Gasteiger partial charge >= 0.3 is 0 Å². The summed E-state index contributed by atoms with van der Waals surface area (Å²) in [6.07, 6.45) is 6.53. The molecule has 0 saturated heterocycles. The molecule has 3 aromatic carbocycles. The van der Waals surface area contributed by atoms with E-state index in [1.165, 1.54) is 50.2 Å². The number of aliphatic hydroxyl groups is 1. The van der Waals surface area contributed by atoms with E-state index in [2.05, 4.69) is 95.3 Å². The number of ketones is 1. The molecule has 1 aromatic heterocycles. The van der Waals surface area contributed by atoms with Gasteiger partial charge in [0.2, 0.25) is 0 Å². The number of hydrogen-bond acceptors (Lipinski definition) is 3. The number of carbonyl (C=O) groups is 1. The molecule has 0 bridgehead atoms. The first-order valence-corrected chi connectivity index (χ1v) is 16.2. The first kappa shape index (κ1) is 36.4. The van der Waals surface area contributed by atoms with Gasteiger partial charge < -0.3 is 10.1 Å². The number of benzene rings is 3. The largest absolute Gasteiger partial charge is 0.512 e. The number of rotatable bonds is 8. The molecule has 0 atom stereocenters. The van der Waals surface area contributed by atoms with Gasteiger partial charge in [0, 0.05) is 45.2 Å². The van der Waals surface area contributed by atoms with Crippen LogP contribution in [-0.4, -0.2) is 15.9 Å². The fraction of sp³-hybridized carbons (Fsp3) is 0.415. The van der Waals surface area contributed by atoms with E-state index in [1.807, 2.05) is 33.9 Å². The van der Waals surface area contributed by atoms with Crippen molar-refractivity contribution in [2.24, 2.45) is 23.2 Å². The maximum Gasteiger partial charge on any atom is 0.159 e. The van der Waals surface area contributed by atoms with E-state index in [1.54, 1.807) is 0 Å². The summed E-state index contributed by atoms with van der Waals surface area (Å²) in [7, 11) is 0. The Hall–Kier alpha value is -3.07. The van der Waals surface area contributed by atoms with Crippen molar-refractivity contribution in [2.75, 3.05) is 0 Å². The molecule has 0 spiro atoms. The van der Waals surface area contributed by atoms with Crippen LogP contribution in [0.25, 0.3) is 44.3 Å². The fourth-order valence-corrected chi connectivity index (χ4v) is 6.11. The Labute approximate surface area is 284 Å². The molecule has 241 valence electrons. The maximum atomic E-state index is 11.2. The van der Waals surface area contributed by atoms with Crippen molar-refractivity contribution in [1.29, 1.82) is 0 Å². The van der Waals surface area contributed by atoms with E-state index in [0.717, 1.165) is 24.1 Å². The Morgan fingerprint density at radius 3 is 2.07 bits per heavy atom. The number of hydrogen-bond donors (Lipinski definition) is 1. The van der Waals surface area contributed by atoms with Crippen LogP contribution >= 0.6 is 0 Å². The number of pyridine rings is 1. The van der Waals surface area contributed by atoms with Gasteiger partial charge in [-0.1, -0.05) is 116 Å². The smallest absolute Gasteiger partial charge is 0.159 e. The van der Waals surface area contributed by atoms with Crippen LogP contribution in [0.5, 0.6) is 0 Å². The summed E-state index contributed by atoms with van der Waals surface area (Å²) in [6.45, 7) is 19.5. The van der Waals surface area contributed by atoms with E-state index in [4.69, 9.17) is 4.98 Å². The standard InChI is InChI=1S/C30H30N.C11H20O2.Ir/c1-19(2)14-21-15-22-12-13-31-29-25-11-10-20(18-30(3,4)5)16-26(25)23-8-6-7-9-24(23)27(17-21)28(22)29;1-8(2)5-10(12)7-11(13)6-9(3)4;/h6-10,12-13,15-17,19H,14,18H2,1-5H3;7-9,12H,5-6H2,1-4H3;/q-1;;/b;10-7-;. The third-order valence-corrected chi connectivity index (χ3v) is 7.60. The number of fused-ring (bicyclic) bond motifs is 5. The van der Waals surface area contributed by atoms with Crippen molar-refractivity contribution in [2.45, 2.75) is 88.0 Å². The Bertz CT molecular complexity index is 1660. The molecule has 1 N–H and O–H groups in total. The predicted octanol–water partition coefficient (Wildman–Crippen LogP) is 11.2. The number of allylic oxidation sites excluding steroid dienone is 2. The molecule has 45 heavy (non-hydrogen) atoms. The molecule has 3 nitrogen and oxygen atoms in total. The second-order valence-corrected chi connectivity index (χ2v) is 14.9. The van der Waals surface area contributed by atoms with Crippen LogP contribution in [0.3, 0.4) is 0 Å². The number of aliphatic hydroxyl groups excluding tert-OH is 1. The molecule has 0 unspecified atom stereocenters. The van der Waals surface area contributed by atoms with Gasteiger partial charge in [-0.15, -0.1) is 29.3 Å². The average molecular weight is 781 g/mol. The summed E-state index contributed by atoms with van der Waals surface area (Å²) in [5.74, 6) is 1.60. The van der Waals surface area contributed by atoms with Crippen molar-refractivity contribution in [3.05, 3.63) is 89.8 Å². The van der Waals surface area contributed by atoms with E-state index < -0.39 is 0 Å². The zero-order chi connectivity index (χ0) is 32.2. The normalized spacial score (nSPS) is 12.3. The zero-order valence-electron chi connectivity index (χ0n) is 28.5. The van der Waals surface area contributed by atoms with E-state index in [0.29, 0.717) is 30.6 Å². The van der Waals surface area contributed by atoms with Crippen molar-refractivity contribution in [3.63, 3.8) is 0 Å². The predicted molar refractivity (Wildman–Crippen MR) is 187 cm³/mol. The third kappa shape index (κ3) is 9.71. The number of nitrogens with zero attached hydrogens (tertiary/aromatic N) is 1. The molecule has 0 aliphatic heterocycles. The van der Waals surface area contributed by atoms with Crippen molar-refractivity contribution in [1.82, 2.24) is 4.98 Å². The van der Waals surface area contributed by atoms with Crippen LogP contribution in [-0.2, 0) is 37.7 Å². The van der Waals surface area contributed by atoms with Crippen LogP contribution in [0.2, 0.25) is 0 Å². The third-order valence-electron chi connectivity index (χ3n) is 7.60. The summed E-state index contributed by atoms with van der Waals surface area (Å²) >= 11 is 0. The monoisotopic (exact) mass is 781 g/mol. The summed E-state index contributed by atoms with van der Waals surface area (Å²) in [5, 5.41) is 11.9. The number of aromatic nitrogens is 1. The molecule has 1 aliphatic carbocycles. The molecule has 1 radical (unpaired) electrons. The Kier molecular flexibility index (Phi) is 12.5. The summed E-state index contributed by atoms with van der Waals surface area (Å²) in [6, 6.07) is 23.9. The quantitative estimate of drug-likeness (QED) is 0.0969. The summed E-state index contributed by atoms with van der Waals surface area (Å²) in [4.78, 5) is 16.1. The second-order valence-electron chi connectivity index (χ2n) is 14.9. The Balaban J connectivity index is 0.000000338. The Morgan fingerprint density at radius 1 is 0.844 bits per heavy atom. The van der Waals surface area contributed by atoms with Gasteiger partial charge in [0.25, 0.3) is 0 Å². The second kappa shape index (κ2) is 15.5. The Morgan fingerprint density at radius 2 is 1.47 bits per heavy atom. The molecular weight excluding hydrogens is 731 g/mol. The van der Waals surface area contributed by atoms with Gasteiger partial charge in [-0.2, -0.15) is 0 Å². The van der Waals surface area contributed by atoms with Crippen molar-refractivity contribution < 1.29 is 30.0 Å². The SMILES string of the molecule is CC(C)CC(=O)/C=C(\O)CC(C)C.CC(C)Cc1cc2c3c(nccc3c1)-c1[c-]cc(CC(C)(C)C)cc1-c1ccccc1-2.[Ir]. The molecule has 0 amide bonds. The molecule has 0 saturated carbocycles. The molecule has 4 heteroatoms. The molecule has 0 fully saturated rings. The molecule has 4 aromatic rings. The first-order valence-electron chi connectivity index (χ1n) is 16.2. The number of carbonyl (C=O) groups excluding carboxylic acids is 1. The van der Waals surface area contributed by atoms with Crippen LogP contribution in [0.1, 0.15) is 86.3 Å². The summed E-state index contributed by atoms with van der Waals surface area (Å²) < 4.78 is 0. The molecule has 1 aliphatic rings. The first-order chi connectivity index (χ1) is 20.7. The molecule has 1 heterocycles. The van der Waals surface area contributed by atoms with Crippen LogP contribution in [0, 0.1) is 29.2 Å². The topological polar surface area (TPSA) is 50.2 Å². The van der Waals surface area contributed by atoms with Gasteiger partial charge in [0.1, 0.15) is 0 Å². The average Bonchev–Trinajstić information content (AvgIpc) is 3.01. The van der Waals surface area contributed by atoms with Crippen LogP contribution in [0.4, 0.5) is 0 Å². The minimum absolute atomic E-state index is 0. The van der Waals surface area contributed by atoms with Crippen molar-refractivity contribution in [3.8, 4) is 33.5 Å². The van der Waals surface area contributed by atoms with Gasteiger partial charge in [-0.3, -0.25) is 4.79 Å².